The zero-order chi connectivity index (χ0) is 17.9. The lowest BCUT2D eigenvalue weighted by atomic mass is 9.91. The SMILES string of the molecule is N#C[C@H](C(=O)c1ccc([C@H]2CCCOC2)cc1)c1nc2ccccc2[nH]1. The van der Waals surface area contributed by atoms with Gasteiger partial charge in [-0.15, -0.1) is 0 Å². The van der Waals surface area contributed by atoms with E-state index in [4.69, 9.17) is 4.74 Å². The van der Waals surface area contributed by atoms with Crippen LogP contribution in [0.2, 0.25) is 0 Å². The second kappa shape index (κ2) is 7.11. The van der Waals surface area contributed by atoms with Crippen LogP contribution in [0.3, 0.4) is 0 Å². The third-order valence-corrected chi connectivity index (χ3v) is 4.90. The third kappa shape index (κ3) is 3.12. The van der Waals surface area contributed by atoms with Crippen LogP contribution in [0.4, 0.5) is 0 Å². The number of imidazole rings is 1. The molecule has 1 aromatic heterocycles. The Bertz CT molecular complexity index is 930. The molecule has 2 heterocycles. The largest absolute Gasteiger partial charge is 0.381 e. The maximum Gasteiger partial charge on any atom is 0.187 e. The van der Waals surface area contributed by atoms with Gasteiger partial charge in [-0.2, -0.15) is 5.26 Å². The number of aromatic nitrogens is 2. The molecular formula is C21H19N3O2. The number of benzene rings is 2. The molecule has 0 aliphatic carbocycles. The van der Waals surface area contributed by atoms with Gasteiger partial charge in [-0.05, 0) is 30.5 Å². The summed E-state index contributed by atoms with van der Waals surface area (Å²) in [5, 5.41) is 9.55. The number of Topliss-reactive ketones (excluding diaryl/α,β-unsaturated/α-hetero) is 1. The zero-order valence-corrected chi connectivity index (χ0v) is 14.3. The predicted octanol–water partition coefficient (Wildman–Crippen LogP) is 3.95. The Labute approximate surface area is 151 Å². The number of para-hydroxylation sites is 2. The van der Waals surface area contributed by atoms with Gasteiger partial charge in [0, 0.05) is 18.1 Å². The molecule has 5 nitrogen and oxygen atoms in total. The minimum Gasteiger partial charge on any atom is -0.381 e. The summed E-state index contributed by atoms with van der Waals surface area (Å²) in [5.41, 5.74) is 3.28. The minimum absolute atomic E-state index is 0.238. The van der Waals surface area contributed by atoms with Gasteiger partial charge in [0.05, 0.1) is 23.7 Å². The van der Waals surface area contributed by atoms with Crippen LogP contribution in [0.25, 0.3) is 11.0 Å². The lowest BCUT2D eigenvalue weighted by Gasteiger charge is -2.22. The van der Waals surface area contributed by atoms with Gasteiger partial charge in [-0.25, -0.2) is 4.98 Å². The number of ketones is 1. The van der Waals surface area contributed by atoms with Crippen LogP contribution >= 0.6 is 0 Å². The summed E-state index contributed by atoms with van der Waals surface area (Å²) < 4.78 is 5.53. The number of aromatic amines is 1. The molecule has 5 heteroatoms. The van der Waals surface area contributed by atoms with E-state index in [0.717, 1.165) is 37.1 Å². The van der Waals surface area contributed by atoms with Gasteiger partial charge in [-0.1, -0.05) is 36.4 Å². The summed E-state index contributed by atoms with van der Waals surface area (Å²) >= 11 is 0. The zero-order valence-electron chi connectivity index (χ0n) is 14.3. The fraction of sp³-hybridized carbons (Fsp3) is 0.286. The molecule has 0 amide bonds. The maximum atomic E-state index is 12.8. The van der Waals surface area contributed by atoms with E-state index in [9.17, 15) is 10.1 Å². The fourth-order valence-electron chi connectivity index (χ4n) is 3.44. The summed E-state index contributed by atoms with van der Waals surface area (Å²) in [6.45, 7) is 1.56. The van der Waals surface area contributed by atoms with Gasteiger partial charge in [0.25, 0.3) is 0 Å². The number of nitrogens with one attached hydrogen (secondary N) is 1. The number of carbonyl (C=O) groups excluding carboxylic acids is 1. The summed E-state index contributed by atoms with van der Waals surface area (Å²) in [6.07, 6.45) is 2.17. The van der Waals surface area contributed by atoms with Crippen LogP contribution in [0.1, 0.15) is 46.4 Å². The van der Waals surface area contributed by atoms with Crippen molar-refractivity contribution in [3.63, 3.8) is 0 Å². The first kappa shape index (κ1) is 16.5. The van der Waals surface area contributed by atoms with E-state index < -0.39 is 5.92 Å². The van der Waals surface area contributed by atoms with Gasteiger partial charge in [0.15, 0.2) is 11.7 Å². The van der Waals surface area contributed by atoms with E-state index in [1.807, 2.05) is 36.4 Å². The van der Waals surface area contributed by atoms with Crippen molar-refractivity contribution in [2.24, 2.45) is 0 Å². The Morgan fingerprint density at radius 2 is 2.04 bits per heavy atom. The van der Waals surface area contributed by atoms with E-state index in [1.165, 1.54) is 5.56 Å². The molecule has 0 saturated carbocycles. The van der Waals surface area contributed by atoms with Crippen molar-refractivity contribution >= 4 is 16.8 Å². The molecule has 2 aromatic carbocycles. The van der Waals surface area contributed by atoms with Crippen LogP contribution in [0, 0.1) is 11.3 Å². The number of rotatable bonds is 4. The second-order valence-corrected chi connectivity index (χ2v) is 6.60. The lowest BCUT2D eigenvalue weighted by Crippen LogP contribution is -2.16. The number of nitriles is 1. The van der Waals surface area contributed by atoms with Crippen molar-refractivity contribution in [3.8, 4) is 6.07 Å². The molecule has 0 spiro atoms. The Morgan fingerprint density at radius 1 is 1.23 bits per heavy atom. The molecule has 1 N–H and O–H groups in total. The smallest absolute Gasteiger partial charge is 0.187 e. The number of ether oxygens (including phenoxy) is 1. The molecule has 0 bridgehead atoms. The van der Waals surface area contributed by atoms with Crippen molar-refractivity contribution in [2.45, 2.75) is 24.7 Å². The monoisotopic (exact) mass is 345 g/mol. The second-order valence-electron chi connectivity index (χ2n) is 6.60. The number of fused-ring (bicyclic) bond motifs is 1. The fourth-order valence-corrected chi connectivity index (χ4v) is 3.44. The molecule has 0 unspecified atom stereocenters. The van der Waals surface area contributed by atoms with E-state index in [-0.39, 0.29) is 5.78 Å². The van der Waals surface area contributed by atoms with Gasteiger partial charge < -0.3 is 9.72 Å². The van der Waals surface area contributed by atoms with Crippen LogP contribution < -0.4 is 0 Å². The number of hydrogen-bond acceptors (Lipinski definition) is 4. The minimum atomic E-state index is -0.939. The maximum absolute atomic E-state index is 12.8. The molecule has 2 atom stereocenters. The molecule has 0 radical (unpaired) electrons. The predicted molar refractivity (Wildman–Crippen MR) is 98.0 cm³/mol. The Balaban J connectivity index is 1.57. The summed E-state index contributed by atoms with van der Waals surface area (Å²) in [5.74, 6) is -0.400. The van der Waals surface area contributed by atoms with Crippen LogP contribution in [-0.4, -0.2) is 29.0 Å². The summed E-state index contributed by atoms with van der Waals surface area (Å²) in [7, 11) is 0. The number of nitrogens with zero attached hydrogens (tertiary/aromatic N) is 2. The van der Waals surface area contributed by atoms with Crippen molar-refractivity contribution in [2.75, 3.05) is 13.2 Å². The average molecular weight is 345 g/mol. The molecule has 4 rings (SSSR count). The van der Waals surface area contributed by atoms with E-state index >= 15 is 0 Å². The summed E-state index contributed by atoms with van der Waals surface area (Å²) in [6, 6.07) is 17.2. The molecule has 1 aliphatic heterocycles. The Hall–Kier alpha value is -2.97. The van der Waals surface area contributed by atoms with Gasteiger partial charge in [0.1, 0.15) is 5.82 Å². The number of H-pyrrole nitrogens is 1. The Kier molecular flexibility index (Phi) is 4.51. The highest BCUT2D eigenvalue weighted by Gasteiger charge is 2.25. The lowest BCUT2D eigenvalue weighted by molar-refractivity contribution is 0.0804. The quantitative estimate of drug-likeness (QED) is 0.726. The molecule has 26 heavy (non-hydrogen) atoms. The normalized spacial score (nSPS) is 18.3. The third-order valence-electron chi connectivity index (χ3n) is 4.90. The highest BCUT2D eigenvalue weighted by atomic mass is 16.5. The van der Waals surface area contributed by atoms with E-state index in [1.54, 1.807) is 12.1 Å². The Morgan fingerprint density at radius 3 is 2.73 bits per heavy atom. The van der Waals surface area contributed by atoms with E-state index in [2.05, 4.69) is 16.0 Å². The molecule has 1 saturated heterocycles. The van der Waals surface area contributed by atoms with Gasteiger partial charge in [0.2, 0.25) is 0 Å². The average Bonchev–Trinajstić information content (AvgIpc) is 3.13. The number of carbonyl (C=O) groups is 1. The van der Waals surface area contributed by atoms with E-state index in [0.29, 0.717) is 17.3 Å². The highest BCUT2D eigenvalue weighted by Crippen LogP contribution is 2.27. The van der Waals surface area contributed by atoms with Crippen molar-refractivity contribution in [3.05, 3.63) is 65.5 Å². The van der Waals surface area contributed by atoms with Gasteiger partial charge in [-0.3, -0.25) is 4.79 Å². The van der Waals surface area contributed by atoms with Crippen LogP contribution in [-0.2, 0) is 4.74 Å². The first-order valence-electron chi connectivity index (χ1n) is 8.82. The molecule has 1 aliphatic rings. The topological polar surface area (TPSA) is 78.8 Å². The first-order valence-corrected chi connectivity index (χ1v) is 8.82. The molecular weight excluding hydrogens is 326 g/mol. The molecule has 3 aromatic rings. The van der Waals surface area contributed by atoms with Crippen molar-refractivity contribution in [1.29, 1.82) is 5.26 Å². The number of hydrogen-bond donors (Lipinski definition) is 1. The van der Waals surface area contributed by atoms with Gasteiger partial charge >= 0.3 is 0 Å². The van der Waals surface area contributed by atoms with Crippen molar-refractivity contribution in [1.82, 2.24) is 9.97 Å². The first-order chi connectivity index (χ1) is 12.8. The molecule has 130 valence electrons. The van der Waals surface area contributed by atoms with Crippen molar-refractivity contribution < 1.29 is 9.53 Å². The summed E-state index contributed by atoms with van der Waals surface area (Å²) in [4.78, 5) is 20.3. The molecule has 1 fully saturated rings. The van der Waals surface area contributed by atoms with Crippen LogP contribution in [0.15, 0.2) is 48.5 Å². The standard InChI is InChI=1S/C21H19N3O2/c22-12-17(21-23-18-5-1-2-6-19(18)24-21)20(25)15-9-7-14(8-10-15)16-4-3-11-26-13-16/h1-2,5-10,16-17H,3-4,11,13H2,(H,23,24)/t16-,17+/m0/s1. The van der Waals surface area contributed by atoms with Crippen LogP contribution in [0.5, 0.6) is 0 Å². The highest BCUT2D eigenvalue weighted by molar-refractivity contribution is 6.02.